The fourth-order valence-corrected chi connectivity index (χ4v) is 8.83. The summed E-state index contributed by atoms with van der Waals surface area (Å²) in [6.45, 7) is 9.02. The summed E-state index contributed by atoms with van der Waals surface area (Å²) >= 11 is 0. The maximum atomic E-state index is 14.6. The van der Waals surface area contributed by atoms with E-state index in [9.17, 15) is 56.3 Å². The molecule has 51 heavy (non-hydrogen) atoms. The molecule has 282 valence electrons. The average Bonchev–Trinajstić information content (AvgIpc) is 3.02. The van der Waals surface area contributed by atoms with E-state index in [1.807, 2.05) is 32.7 Å². The molecule has 0 saturated carbocycles. The normalized spacial score (nSPS) is 17.2. The number of anilines is 1. The predicted octanol–water partition coefficient (Wildman–Crippen LogP) is 7.23. The second kappa shape index (κ2) is 13.8. The second-order valence-electron chi connectivity index (χ2n) is 11.8. The van der Waals surface area contributed by atoms with Gasteiger partial charge in [-0.1, -0.05) is 49.2 Å². The van der Waals surface area contributed by atoms with Crippen LogP contribution in [0.4, 0.5) is 45.2 Å². The molecule has 1 atom stereocenters. The number of nitrogens with one attached hydrogen (secondary N) is 1. The van der Waals surface area contributed by atoms with Crippen molar-refractivity contribution in [3.05, 3.63) is 82.6 Å². The van der Waals surface area contributed by atoms with Crippen LogP contribution in [0.2, 0.25) is 0 Å². The number of hydrogen-bond donors (Lipinski definition) is 1. The molecule has 0 aromatic heterocycles. The zero-order valence-corrected chi connectivity index (χ0v) is 29.4. The number of alkyl halides is 9. The minimum Gasteiger partial charge on any atom is -0.456 e. The first kappa shape index (κ1) is 40.2. The number of halogens is 9. The molecular formula is C32H34F9N3O5S2. The summed E-state index contributed by atoms with van der Waals surface area (Å²) in [5, 5.41) is -7.29. The van der Waals surface area contributed by atoms with Crippen LogP contribution in [-0.2, 0) is 20.0 Å². The van der Waals surface area contributed by atoms with Gasteiger partial charge in [0.15, 0.2) is 0 Å². The molecule has 0 fully saturated rings. The van der Waals surface area contributed by atoms with E-state index in [1.54, 1.807) is 36.4 Å². The molecule has 2 aromatic carbocycles. The maximum absolute atomic E-state index is 14.6. The number of benzene rings is 2. The molecule has 0 radical (unpaired) electrons. The number of likely N-dealkylation sites (N-methyl/N-ethyl adjacent to an activating group) is 1. The fourth-order valence-electron chi connectivity index (χ4n) is 5.63. The van der Waals surface area contributed by atoms with Crippen LogP contribution >= 0.6 is 0 Å². The smallest absolute Gasteiger partial charge is 0.456 e. The molecule has 1 unspecified atom stereocenters. The molecule has 1 aliphatic carbocycles. The largest absolute Gasteiger partial charge is 0.460 e. The van der Waals surface area contributed by atoms with Gasteiger partial charge in [-0.2, -0.15) is 39.5 Å². The Morgan fingerprint density at radius 1 is 0.843 bits per heavy atom. The number of allylic oxidation sites excluding steroid dienone is 1. The second-order valence-corrected chi connectivity index (χ2v) is 15.5. The van der Waals surface area contributed by atoms with Gasteiger partial charge in [-0.15, -0.1) is 0 Å². The lowest BCUT2D eigenvalue weighted by molar-refractivity contribution is -0.382. The molecule has 0 saturated heterocycles. The van der Waals surface area contributed by atoms with E-state index in [2.05, 4.69) is 4.90 Å². The van der Waals surface area contributed by atoms with Crippen molar-refractivity contribution in [2.24, 2.45) is 0 Å². The van der Waals surface area contributed by atoms with Crippen LogP contribution in [0, 0.1) is 6.92 Å². The molecule has 0 spiro atoms. The monoisotopic (exact) mass is 775 g/mol. The van der Waals surface area contributed by atoms with Crippen molar-refractivity contribution < 1.29 is 61.1 Å². The summed E-state index contributed by atoms with van der Waals surface area (Å²) in [7, 11) is -11.7. The Hall–Kier alpha value is -3.55. The van der Waals surface area contributed by atoms with E-state index in [4.69, 9.17) is 4.74 Å². The van der Waals surface area contributed by atoms with Gasteiger partial charge in [0, 0.05) is 47.6 Å². The van der Waals surface area contributed by atoms with Crippen LogP contribution in [0.15, 0.2) is 70.9 Å². The number of nitrogens with zero attached hydrogens (tertiary/aromatic N) is 2. The molecule has 1 heterocycles. The number of hydrogen-bond acceptors (Lipinski definition) is 7. The van der Waals surface area contributed by atoms with Crippen LogP contribution in [0.3, 0.4) is 0 Å². The van der Waals surface area contributed by atoms with Crippen LogP contribution in [0.25, 0.3) is 5.57 Å². The minimum atomic E-state index is -7.64. The lowest BCUT2D eigenvalue weighted by Crippen LogP contribution is -2.65. The van der Waals surface area contributed by atoms with Crippen molar-refractivity contribution in [3.63, 3.8) is 0 Å². The molecule has 2 aromatic rings. The first-order valence-electron chi connectivity index (χ1n) is 15.4. The number of fused-ring (bicyclic) bond motifs is 2. The van der Waals surface area contributed by atoms with Crippen molar-refractivity contribution in [1.82, 2.24) is 9.03 Å². The standard InChI is InChI=1S/C32H34F9N3O5S2/c1-6-15-43(5)20-10-13-22-25(17-20)49-26-18-21(44(7-2)8-3)11-14-23(26)28(22)24-12-9-19(4)16-27(24)50(45,46)42-51(47,48)32(40,41)30(35,36)29(33,34)31(37,38)39/h9-14,16-18,21,42H,6-8,15H2,1-5H3. The van der Waals surface area contributed by atoms with Gasteiger partial charge in [0.1, 0.15) is 11.5 Å². The summed E-state index contributed by atoms with van der Waals surface area (Å²) in [5.41, 5.74) is 0.985. The van der Waals surface area contributed by atoms with E-state index in [0.717, 1.165) is 12.5 Å². The third kappa shape index (κ3) is 7.01. The lowest BCUT2D eigenvalue weighted by Gasteiger charge is -2.33. The summed E-state index contributed by atoms with van der Waals surface area (Å²) in [6.07, 6.45) is -1.45. The van der Waals surface area contributed by atoms with E-state index >= 15 is 0 Å². The van der Waals surface area contributed by atoms with Crippen LogP contribution < -0.4 is 13.8 Å². The Balaban J connectivity index is 1.95. The Bertz CT molecular complexity index is 1990. The molecule has 4 rings (SSSR count). The number of ether oxygens (including phenoxy) is 1. The third-order valence-corrected chi connectivity index (χ3v) is 12.0. The number of sulfonamides is 2. The summed E-state index contributed by atoms with van der Waals surface area (Å²) < 4.78 is 182. The topological polar surface area (TPSA) is 96.0 Å². The Labute approximate surface area is 289 Å². The molecular weight excluding hydrogens is 741 g/mol. The Morgan fingerprint density at radius 3 is 2.02 bits per heavy atom. The van der Waals surface area contributed by atoms with E-state index in [1.165, 1.54) is 19.1 Å². The van der Waals surface area contributed by atoms with Gasteiger partial charge in [-0.05, 0) is 56.3 Å². The van der Waals surface area contributed by atoms with Crippen LogP contribution in [0.5, 0.6) is 5.75 Å². The molecule has 1 N–H and O–H groups in total. The molecule has 1 aliphatic heterocycles. The molecule has 8 nitrogen and oxygen atoms in total. The summed E-state index contributed by atoms with van der Waals surface area (Å²) in [6, 6.07) is 7.95. The highest BCUT2D eigenvalue weighted by Crippen LogP contribution is 2.55. The lowest BCUT2D eigenvalue weighted by atomic mass is 9.86. The molecule has 19 heteroatoms. The molecule has 0 amide bonds. The van der Waals surface area contributed by atoms with Crippen LogP contribution in [0.1, 0.15) is 43.9 Å². The first-order chi connectivity index (χ1) is 23.4. The van der Waals surface area contributed by atoms with E-state index in [0.29, 0.717) is 29.4 Å². The third-order valence-electron chi connectivity index (χ3n) is 8.37. The summed E-state index contributed by atoms with van der Waals surface area (Å²) in [4.78, 5) is 2.87. The fraction of sp³-hybridized carbons (Fsp3) is 0.438. The number of rotatable bonds is 13. The SMILES string of the molecule is CCCN(C)c1ccc2c(c1)OC1=CC(N(CC)CC)C=CC1=C2c1ccc(C)cc1S(=O)(=O)NS(=O)(=O)C(F)(F)C(F)(F)C(F)(F)C(F)(F)F. The van der Waals surface area contributed by atoms with Gasteiger partial charge in [-0.3, -0.25) is 4.90 Å². The van der Waals surface area contributed by atoms with Gasteiger partial charge in [0.2, 0.25) is 0 Å². The van der Waals surface area contributed by atoms with Gasteiger partial charge in [0.05, 0.1) is 10.9 Å². The highest BCUT2D eigenvalue weighted by molar-refractivity contribution is 8.05. The highest BCUT2D eigenvalue weighted by Gasteiger charge is 2.85. The van der Waals surface area contributed by atoms with E-state index in [-0.39, 0.29) is 45.4 Å². The Kier molecular flexibility index (Phi) is 10.9. The summed E-state index contributed by atoms with van der Waals surface area (Å²) in [5.74, 6) is -14.8. The quantitative estimate of drug-likeness (QED) is 0.215. The number of aryl methyl sites for hydroxylation is 1. The first-order valence-corrected chi connectivity index (χ1v) is 18.4. The van der Waals surface area contributed by atoms with Gasteiger partial charge in [0.25, 0.3) is 20.0 Å². The minimum absolute atomic E-state index is 0.0694. The maximum Gasteiger partial charge on any atom is 0.460 e. The van der Waals surface area contributed by atoms with Gasteiger partial charge >= 0.3 is 23.3 Å². The highest BCUT2D eigenvalue weighted by atomic mass is 32.3. The predicted molar refractivity (Wildman–Crippen MR) is 172 cm³/mol. The zero-order chi connectivity index (χ0) is 38.5. The van der Waals surface area contributed by atoms with Crippen LogP contribution in [-0.4, -0.2) is 77.7 Å². The van der Waals surface area contributed by atoms with E-state index < -0.39 is 48.2 Å². The Morgan fingerprint density at radius 2 is 1.45 bits per heavy atom. The van der Waals surface area contributed by atoms with Crippen molar-refractivity contribution in [3.8, 4) is 5.75 Å². The van der Waals surface area contributed by atoms with Crippen molar-refractivity contribution >= 4 is 31.3 Å². The zero-order valence-electron chi connectivity index (χ0n) is 27.8. The van der Waals surface area contributed by atoms with Crippen molar-refractivity contribution in [2.45, 2.75) is 68.3 Å². The van der Waals surface area contributed by atoms with Crippen molar-refractivity contribution in [2.75, 3.05) is 31.6 Å². The van der Waals surface area contributed by atoms with Crippen molar-refractivity contribution in [1.29, 1.82) is 0 Å². The van der Waals surface area contributed by atoms with Gasteiger partial charge < -0.3 is 9.64 Å². The average molecular weight is 776 g/mol. The van der Waals surface area contributed by atoms with Gasteiger partial charge in [-0.25, -0.2) is 16.8 Å². The molecule has 0 bridgehead atoms. The molecule has 2 aliphatic rings.